The smallest absolute Gasteiger partial charge is 0.348 e. The standard InChI is InChI=1S/C23H24N2O3S2/c1-14-7-6-9-19(15(14)2)25(16(3)26)23-24-18(13-29-23)12-28-22(27)21-11-17-8-4-5-10-20(17)30-21/h6-7,9,11,13H,4-5,8,10,12H2,1-3H3. The van der Waals surface area contributed by atoms with Gasteiger partial charge in [-0.3, -0.25) is 9.69 Å². The van der Waals surface area contributed by atoms with Crippen molar-refractivity contribution in [2.75, 3.05) is 4.90 Å². The molecule has 1 aliphatic carbocycles. The van der Waals surface area contributed by atoms with Gasteiger partial charge in [-0.2, -0.15) is 0 Å². The molecule has 7 heteroatoms. The van der Waals surface area contributed by atoms with Crippen LogP contribution in [-0.2, 0) is 29.0 Å². The number of amides is 1. The summed E-state index contributed by atoms with van der Waals surface area (Å²) in [6, 6.07) is 7.85. The van der Waals surface area contributed by atoms with Crippen molar-refractivity contribution in [1.29, 1.82) is 0 Å². The van der Waals surface area contributed by atoms with Gasteiger partial charge in [-0.05, 0) is 68.4 Å². The van der Waals surface area contributed by atoms with Crippen LogP contribution < -0.4 is 4.90 Å². The van der Waals surface area contributed by atoms with Gasteiger partial charge < -0.3 is 4.74 Å². The van der Waals surface area contributed by atoms with Crippen LogP contribution in [0.5, 0.6) is 0 Å². The summed E-state index contributed by atoms with van der Waals surface area (Å²) >= 11 is 2.92. The minimum Gasteiger partial charge on any atom is -0.455 e. The molecule has 5 nitrogen and oxygen atoms in total. The number of benzene rings is 1. The fraction of sp³-hybridized carbons (Fsp3) is 0.348. The van der Waals surface area contributed by atoms with Gasteiger partial charge in [0, 0.05) is 17.2 Å². The van der Waals surface area contributed by atoms with Gasteiger partial charge in [-0.1, -0.05) is 12.1 Å². The highest BCUT2D eigenvalue weighted by molar-refractivity contribution is 7.14. The summed E-state index contributed by atoms with van der Waals surface area (Å²) < 4.78 is 5.51. The van der Waals surface area contributed by atoms with Gasteiger partial charge in [0.1, 0.15) is 11.5 Å². The number of esters is 1. The van der Waals surface area contributed by atoms with Crippen LogP contribution in [0.15, 0.2) is 29.6 Å². The molecule has 1 amide bonds. The Morgan fingerprint density at radius 2 is 2.00 bits per heavy atom. The van der Waals surface area contributed by atoms with Crippen molar-refractivity contribution >= 4 is 45.4 Å². The molecule has 0 bridgehead atoms. The van der Waals surface area contributed by atoms with Crippen molar-refractivity contribution in [3.8, 4) is 0 Å². The second-order valence-corrected chi connectivity index (χ2v) is 9.51. The summed E-state index contributed by atoms with van der Waals surface area (Å²) in [6.45, 7) is 5.64. The lowest BCUT2D eigenvalue weighted by atomic mass is 9.99. The Balaban J connectivity index is 1.48. The first-order valence-corrected chi connectivity index (χ1v) is 11.7. The number of ether oxygens (including phenoxy) is 1. The third-order valence-corrected chi connectivity index (χ3v) is 7.50. The van der Waals surface area contributed by atoms with E-state index in [0.29, 0.717) is 15.7 Å². The number of nitrogens with zero attached hydrogens (tertiary/aromatic N) is 2. The molecule has 0 atom stereocenters. The molecule has 4 rings (SSSR count). The number of hydrogen-bond donors (Lipinski definition) is 0. The molecule has 0 unspecified atom stereocenters. The first-order chi connectivity index (χ1) is 14.4. The van der Waals surface area contributed by atoms with E-state index in [-0.39, 0.29) is 18.5 Å². The highest BCUT2D eigenvalue weighted by atomic mass is 32.1. The minimum atomic E-state index is -0.304. The molecule has 0 N–H and O–H groups in total. The summed E-state index contributed by atoms with van der Waals surface area (Å²) in [5, 5.41) is 2.41. The Morgan fingerprint density at radius 3 is 2.77 bits per heavy atom. The van der Waals surface area contributed by atoms with E-state index in [4.69, 9.17) is 4.74 Å². The lowest BCUT2D eigenvalue weighted by Gasteiger charge is -2.21. The maximum atomic E-state index is 12.5. The molecular weight excluding hydrogens is 416 g/mol. The molecule has 1 aromatic carbocycles. The third-order valence-electron chi connectivity index (χ3n) is 5.41. The summed E-state index contributed by atoms with van der Waals surface area (Å²) in [5.74, 6) is -0.410. The van der Waals surface area contributed by atoms with Gasteiger partial charge in [0.05, 0.1) is 11.4 Å². The molecule has 0 saturated carbocycles. The number of carbonyl (C=O) groups excluding carboxylic acids is 2. The van der Waals surface area contributed by atoms with E-state index in [2.05, 4.69) is 4.98 Å². The number of aromatic nitrogens is 1. The number of thiazole rings is 1. The van der Waals surface area contributed by atoms with Crippen LogP contribution in [0.3, 0.4) is 0 Å². The lowest BCUT2D eigenvalue weighted by Crippen LogP contribution is -2.23. The molecule has 2 heterocycles. The van der Waals surface area contributed by atoms with Crippen LogP contribution in [0, 0.1) is 13.8 Å². The maximum Gasteiger partial charge on any atom is 0.348 e. The Morgan fingerprint density at radius 1 is 1.20 bits per heavy atom. The number of carbonyl (C=O) groups is 2. The molecule has 0 aliphatic heterocycles. The number of aryl methyl sites for hydroxylation is 3. The monoisotopic (exact) mass is 440 g/mol. The Hall–Kier alpha value is -2.51. The molecule has 0 radical (unpaired) electrons. The lowest BCUT2D eigenvalue weighted by molar-refractivity contribution is -0.115. The van der Waals surface area contributed by atoms with Crippen LogP contribution in [0.25, 0.3) is 0 Å². The summed E-state index contributed by atoms with van der Waals surface area (Å²) in [7, 11) is 0. The van der Waals surface area contributed by atoms with Crippen LogP contribution in [0.4, 0.5) is 10.8 Å². The van der Waals surface area contributed by atoms with Gasteiger partial charge in [0.15, 0.2) is 5.13 Å². The van der Waals surface area contributed by atoms with E-state index in [9.17, 15) is 9.59 Å². The molecule has 30 heavy (non-hydrogen) atoms. The van der Waals surface area contributed by atoms with E-state index < -0.39 is 0 Å². The second-order valence-electron chi connectivity index (χ2n) is 7.54. The van der Waals surface area contributed by atoms with Crippen LogP contribution in [-0.4, -0.2) is 16.9 Å². The van der Waals surface area contributed by atoms with Crippen molar-refractivity contribution in [3.05, 3.63) is 61.8 Å². The maximum absolute atomic E-state index is 12.5. The van der Waals surface area contributed by atoms with E-state index in [1.54, 1.807) is 16.2 Å². The predicted molar refractivity (Wildman–Crippen MR) is 121 cm³/mol. The first kappa shape index (κ1) is 20.8. The number of fused-ring (bicyclic) bond motifs is 1. The van der Waals surface area contributed by atoms with Crippen molar-refractivity contribution in [2.24, 2.45) is 0 Å². The van der Waals surface area contributed by atoms with E-state index >= 15 is 0 Å². The van der Waals surface area contributed by atoms with Crippen molar-refractivity contribution in [2.45, 2.75) is 53.1 Å². The third kappa shape index (κ3) is 4.18. The molecule has 156 valence electrons. The highest BCUT2D eigenvalue weighted by Gasteiger charge is 2.22. The number of rotatable bonds is 5. The Kier molecular flexibility index (Phi) is 6.01. The van der Waals surface area contributed by atoms with Crippen LogP contribution in [0.2, 0.25) is 0 Å². The van der Waals surface area contributed by atoms with Crippen molar-refractivity contribution in [3.63, 3.8) is 0 Å². The SMILES string of the molecule is CC(=O)N(c1nc(COC(=O)c2cc3c(s2)CCCC3)cs1)c1cccc(C)c1C. The zero-order valence-electron chi connectivity index (χ0n) is 17.4. The summed E-state index contributed by atoms with van der Waals surface area (Å²) in [4.78, 5) is 33.0. The summed E-state index contributed by atoms with van der Waals surface area (Å²) in [5.41, 5.74) is 4.91. The van der Waals surface area contributed by atoms with Gasteiger partial charge in [0.2, 0.25) is 5.91 Å². The molecular formula is C23H24N2O3S2. The number of hydrogen-bond acceptors (Lipinski definition) is 6. The fourth-order valence-corrected chi connectivity index (χ4v) is 5.66. The van der Waals surface area contributed by atoms with Gasteiger partial charge >= 0.3 is 5.97 Å². The molecule has 0 spiro atoms. The Labute approximate surface area is 184 Å². The highest BCUT2D eigenvalue weighted by Crippen LogP contribution is 2.33. The molecule has 2 aromatic heterocycles. The molecule has 1 aliphatic rings. The van der Waals surface area contributed by atoms with Crippen LogP contribution in [0.1, 0.15) is 56.7 Å². The fourth-order valence-electron chi connectivity index (χ4n) is 3.65. The summed E-state index contributed by atoms with van der Waals surface area (Å²) in [6.07, 6.45) is 4.49. The topological polar surface area (TPSA) is 59.5 Å². The van der Waals surface area contributed by atoms with E-state index in [0.717, 1.165) is 29.7 Å². The van der Waals surface area contributed by atoms with Crippen LogP contribution >= 0.6 is 22.7 Å². The van der Waals surface area contributed by atoms with Gasteiger partial charge in [0.25, 0.3) is 0 Å². The van der Waals surface area contributed by atoms with Crippen molar-refractivity contribution < 1.29 is 14.3 Å². The molecule has 3 aromatic rings. The second kappa shape index (κ2) is 8.70. The molecule has 0 fully saturated rings. The number of anilines is 2. The Bertz CT molecular complexity index is 1080. The van der Waals surface area contributed by atoms with Gasteiger partial charge in [-0.15, -0.1) is 22.7 Å². The quantitative estimate of drug-likeness (QED) is 0.475. The first-order valence-electron chi connectivity index (χ1n) is 10.0. The normalized spacial score (nSPS) is 13.0. The zero-order chi connectivity index (χ0) is 21.3. The average molecular weight is 441 g/mol. The largest absolute Gasteiger partial charge is 0.455 e. The zero-order valence-corrected chi connectivity index (χ0v) is 19.0. The van der Waals surface area contributed by atoms with E-state index in [1.807, 2.05) is 43.5 Å². The van der Waals surface area contributed by atoms with E-state index in [1.165, 1.54) is 41.5 Å². The predicted octanol–water partition coefficient (Wildman–Crippen LogP) is 5.74. The van der Waals surface area contributed by atoms with Gasteiger partial charge in [-0.25, -0.2) is 9.78 Å². The van der Waals surface area contributed by atoms with Crippen molar-refractivity contribution in [1.82, 2.24) is 4.98 Å². The minimum absolute atomic E-state index is 0.0937. The average Bonchev–Trinajstić information content (AvgIpc) is 3.36. The number of thiophene rings is 1. The molecule has 0 saturated heterocycles.